The molecule has 90 valence electrons. The fourth-order valence-electron chi connectivity index (χ4n) is 1.98. The number of nitrogens with zero attached hydrogens (tertiary/aromatic N) is 2. The molecule has 0 amide bonds. The van der Waals surface area contributed by atoms with E-state index in [-0.39, 0.29) is 5.56 Å². The molecule has 1 aromatic heterocycles. The van der Waals surface area contributed by atoms with Gasteiger partial charge in [0.05, 0.1) is 17.2 Å². The second-order valence-electron chi connectivity index (χ2n) is 4.21. The lowest BCUT2D eigenvalue weighted by atomic mass is 10.1. The maximum atomic E-state index is 12.3. The summed E-state index contributed by atoms with van der Waals surface area (Å²) in [4.78, 5) is 16.6. The van der Waals surface area contributed by atoms with Crippen LogP contribution in [0.2, 0.25) is 0 Å². The minimum Gasteiger partial charge on any atom is -0.298 e. The second kappa shape index (κ2) is 4.92. The van der Waals surface area contributed by atoms with Gasteiger partial charge in [-0.25, -0.2) is 4.98 Å². The van der Waals surface area contributed by atoms with Crippen molar-refractivity contribution < 1.29 is 0 Å². The molecular formula is C13H16N2OS. The standard InChI is InChI=1S/C13H16N2OS/c1-9-6-10(2)12-11(7-9)13(16)15(8-14-12)4-5-17-3/h6-8H,4-5H2,1-3H3. The van der Waals surface area contributed by atoms with Crippen LogP contribution in [0.3, 0.4) is 0 Å². The molecule has 2 rings (SSSR count). The van der Waals surface area contributed by atoms with Crippen LogP contribution in [0.5, 0.6) is 0 Å². The van der Waals surface area contributed by atoms with Gasteiger partial charge in [0.1, 0.15) is 0 Å². The summed E-state index contributed by atoms with van der Waals surface area (Å²) in [6.45, 7) is 4.72. The van der Waals surface area contributed by atoms with Gasteiger partial charge in [0, 0.05) is 12.3 Å². The molecule has 0 atom stereocenters. The van der Waals surface area contributed by atoms with Gasteiger partial charge in [0.15, 0.2) is 0 Å². The van der Waals surface area contributed by atoms with E-state index in [4.69, 9.17) is 0 Å². The zero-order valence-corrected chi connectivity index (χ0v) is 11.2. The first-order chi connectivity index (χ1) is 8.13. The van der Waals surface area contributed by atoms with Crippen LogP contribution in [0.1, 0.15) is 11.1 Å². The summed E-state index contributed by atoms with van der Waals surface area (Å²) >= 11 is 1.73. The van der Waals surface area contributed by atoms with Crippen molar-refractivity contribution in [2.24, 2.45) is 0 Å². The molecule has 0 N–H and O–H groups in total. The Bertz CT molecular complexity index is 604. The second-order valence-corrected chi connectivity index (χ2v) is 5.20. The molecule has 0 aliphatic rings. The van der Waals surface area contributed by atoms with Crippen molar-refractivity contribution in [2.45, 2.75) is 20.4 Å². The van der Waals surface area contributed by atoms with E-state index in [1.54, 1.807) is 22.7 Å². The molecule has 4 heteroatoms. The Hall–Kier alpha value is -1.29. The van der Waals surface area contributed by atoms with Crippen LogP contribution in [-0.4, -0.2) is 21.6 Å². The van der Waals surface area contributed by atoms with Gasteiger partial charge in [-0.3, -0.25) is 9.36 Å². The average Bonchev–Trinajstić information content (AvgIpc) is 2.29. The Balaban J connectivity index is 2.62. The summed E-state index contributed by atoms with van der Waals surface area (Å²) in [7, 11) is 0. The molecule has 1 aromatic carbocycles. The van der Waals surface area contributed by atoms with E-state index >= 15 is 0 Å². The predicted octanol–water partition coefficient (Wildman–Crippen LogP) is 2.38. The molecule has 0 aliphatic heterocycles. The third-order valence-corrected chi connectivity index (χ3v) is 3.39. The number of thioether (sulfide) groups is 1. The highest BCUT2D eigenvalue weighted by atomic mass is 32.2. The molecule has 0 fully saturated rings. The molecule has 17 heavy (non-hydrogen) atoms. The monoisotopic (exact) mass is 248 g/mol. The molecule has 2 aromatic rings. The number of aryl methyl sites for hydroxylation is 3. The van der Waals surface area contributed by atoms with Crippen LogP contribution in [0.25, 0.3) is 10.9 Å². The summed E-state index contributed by atoms with van der Waals surface area (Å²) in [5.74, 6) is 0.928. The predicted molar refractivity (Wildman–Crippen MR) is 73.9 cm³/mol. The Kier molecular flexibility index (Phi) is 3.52. The van der Waals surface area contributed by atoms with E-state index in [9.17, 15) is 4.79 Å². The molecule has 0 spiro atoms. The third kappa shape index (κ3) is 2.36. The molecule has 0 saturated carbocycles. The molecule has 0 bridgehead atoms. The fraction of sp³-hybridized carbons (Fsp3) is 0.385. The fourth-order valence-corrected chi connectivity index (χ4v) is 2.36. The van der Waals surface area contributed by atoms with Crippen molar-refractivity contribution >= 4 is 22.7 Å². The van der Waals surface area contributed by atoms with Crippen LogP contribution in [0.15, 0.2) is 23.3 Å². The summed E-state index contributed by atoms with van der Waals surface area (Å²) in [6, 6.07) is 3.98. The van der Waals surface area contributed by atoms with Crippen molar-refractivity contribution in [3.63, 3.8) is 0 Å². The summed E-state index contributed by atoms with van der Waals surface area (Å²) in [5.41, 5.74) is 3.06. The average molecular weight is 248 g/mol. The molecular weight excluding hydrogens is 232 g/mol. The molecule has 3 nitrogen and oxygen atoms in total. The topological polar surface area (TPSA) is 34.9 Å². The van der Waals surface area contributed by atoms with Crippen molar-refractivity contribution in [3.05, 3.63) is 39.9 Å². The SMILES string of the molecule is CSCCn1cnc2c(C)cc(C)cc2c1=O. The lowest BCUT2D eigenvalue weighted by Crippen LogP contribution is -2.21. The van der Waals surface area contributed by atoms with Gasteiger partial charge in [0.2, 0.25) is 0 Å². The summed E-state index contributed by atoms with van der Waals surface area (Å²) in [6.07, 6.45) is 3.69. The van der Waals surface area contributed by atoms with E-state index in [1.165, 1.54) is 0 Å². The van der Waals surface area contributed by atoms with E-state index in [0.717, 1.165) is 34.3 Å². The van der Waals surface area contributed by atoms with Crippen LogP contribution >= 0.6 is 11.8 Å². The van der Waals surface area contributed by atoms with Gasteiger partial charge >= 0.3 is 0 Å². The largest absolute Gasteiger partial charge is 0.298 e. The van der Waals surface area contributed by atoms with Crippen LogP contribution in [0, 0.1) is 13.8 Å². The third-order valence-electron chi connectivity index (χ3n) is 2.80. The first-order valence-electron chi connectivity index (χ1n) is 5.59. The van der Waals surface area contributed by atoms with Crippen molar-refractivity contribution in [2.75, 3.05) is 12.0 Å². The van der Waals surface area contributed by atoms with Gasteiger partial charge in [-0.05, 0) is 37.3 Å². The lowest BCUT2D eigenvalue weighted by Gasteiger charge is -2.07. The summed E-state index contributed by atoms with van der Waals surface area (Å²) in [5, 5.41) is 0.728. The van der Waals surface area contributed by atoms with E-state index < -0.39 is 0 Å². The van der Waals surface area contributed by atoms with E-state index in [1.807, 2.05) is 26.2 Å². The first kappa shape index (κ1) is 12.2. The van der Waals surface area contributed by atoms with E-state index in [0.29, 0.717) is 0 Å². The van der Waals surface area contributed by atoms with Gasteiger partial charge in [-0.2, -0.15) is 11.8 Å². The van der Waals surface area contributed by atoms with Gasteiger partial charge < -0.3 is 0 Å². The van der Waals surface area contributed by atoms with Gasteiger partial charge in [0.25, 0.3) is 5.56 Å². The highest BCUT2D eigenvalue weighted by molar-refractivity contribution is 7.98. The van der Waals surface area contributed by atoms with Gasteiger partial charge in [-0.15, -0.1) is 0 Å². The van der Waals surface area contributed by atoms with Crippen molar-refractivity contribution in [3.8, 4) is 0 Å². The Labute approximate surface area is 105 Å². The maximum Gasteiger partial charge on any atom is 0.261 e. The highest BCUT2D eigenvalue weighted by Crippen LogP contribution is 2.14. The minimum atomic E-state index is 0.0656. The number of hydrogen-bond acceptors (Lipinski definition) is 3. The molecule has 1 heterocycles. The Morgan fingerprint density at radius 2 is 2.12 bits per heavy atom. The maximum absolute atomic E-state index is 12.3. The number of benzene rings is 1. The molecule has 0 saturated heterocycles. The van der Waals surface area contributed by atoms with Crippen LogP contribution in [0.4, 0.5) is 0 Å². The van der Waals surface area contributed by atoms with E-state index in [2.05, 4.69) is 11.1 Å². The smallest absolute Gasteiger partial charge is 0.261 e. The van der Waals surface area contributed by atoms with Crippen molar-refractivity contribution in [1.82, 2.24) is 9.55 Å². The highest BCUT2D eigenvalue weighted by Gasteiger charge is 2.06. The molecule has 0 unspecified atom stereocenters. The normalized spacial score (nSPS) is 11.0. The zero-order chi connectivity index (χ0) is 12.4. The van der Waals surface area contributed by atoms with Crippen molar-refractivity contribution in [1.29, 1.82) is 0 Å². The quantitative estimate of drug-likeness (QED) is 0.836. The molecule has 0 radical (unpaired) electrons. The van der Waals surface area contributed by atoms with Crippen LogP contribution in [-0.2, 0) is 6.54 Å². The number of rotatable bonds is 3. The molecule has 0 aliphatic carbocycles. The lowest BCUT2D eigenvalue weighted by molar-refractivity contribution is 0.725. The number of aromatic nitrogens is 2. The Morgan fingerprint density at radius 3 is 2.82 bits per heavy atom. The zero-order valence-electron chi connectivity index (χ0n) is 10.4. The van der Waals surface area contributed by atoms with Gasteiger partial charge in [-0.1, -0.05) is 6.07 Å². The number of fused-ring (bicyclic) bond motifs is 1. The number of hydrogen-bond donors (Lipinski definition) is 0. The minimum absolute atomic E-state index is 0.0656. The van der Waals surface area contributed by atoms with Crippen LogP contribution < -0.4 is 5.56 Å². The first-order valence-corrected chi connectivity index (χ1v) is 6.98. The Morgan fingerprint density at radius 1 is 1.35 bits per heavy atom. The summed E-state index contributed by atoms with van der Waals surface area (Å²) < 4.78 is 1.69.